The summed E-state index contributed by atoms with van der Waals surface area (Å²) in [7, 11) is 1.89. The van der Waals surface area contributed by atoms with E-state index in [0.29, 0.717) is 0 Å². The van der Waals surface area contributed by atoms with Gasteiger partial charge in [0.15, 0.2) is 0 Å². The summed E-state index contributed by atoms with van der Waals surface area (Å²) in [4.78, 5) is 16.9. The molecular weight excluding hydrogens is 312 g/mol. The molecule has 0 saturated carbocycles. The molecule has 0 radical (unpaired) electrons. The maximum Gasteiger partial charge on any atom is 0.253 e. The number of nitrogens with zero attached hydrogens (tertiary/aromatic N) is 2. The van der Waals surface area contributed by atoms with E-state index in [1.807, 2.05) is 48.3 Å². The Morgan fingerprint density at radius 1 is 1.08 bits per heavy atom. The SMILES string of the molecule is CN(CCCN1CCCCCC1)C(=O)c1ccc(-c2ccco2)cc1. The van der Waals surface area contributed by atoms with Crippen LogP contribution in [0.25, 0.3) is 11.3 Å². The molecule has 4 nitrogen and oxygen atoms in total. The van der Waals surface area contributed by atoms with Crippen LogP contribution in [-0.2, 0) is 0 Å². The van der Waals surface area contributed by atoms with Gasteiger partial charge >= 0.3 is 0 Å². The van der Waals surface area contributed by atoms with E-state index < -0.39 is 0 Å². The van der Waals surface area contributed by atoms with E-state index in [-0.39, 0.29) is 5.91 Å². The first-order chi connectivity index (χ1) is 12.2. The van der Waals surface area contributed by atoms with E-state index in [1.165, 1.54) is 38.8 Å². The third-order valence-corrected chi connectivity index (χ3v) is 4.95. The molecule has 0 unspecified atom stereocenters. The number of furan rings is 1. The summed E-state index contributed by atoms with van der Waals surface area (Å²) >= 11 is 0. The Kier molecular flexibility index (Phi) is 6.29. The average molecular weight is 340 g/mol. The molecule has 25 heavy (non-hydrogen) atoms. The fourth-order valence-electron chi connectivity index (χ4n) is 3.43. The lowest BCUT2D eigenvalue weighted by molar-refractivity contribution is 0.0788. The Labute approximate surface area is 150 Å². The van der Waals surface area contributed by atoms with Crippen LogP contribution < -0.4 is 0 Å². The Balaban J connectivity index is 1.48. The van der Waals surface area contributed by atoms with Crippen LogP contribution >= 0.6 is 0 Å². The van der Waals surface area contributed by atoms with Crippen molar-refractivity contribution in [1.29, 1.82) is 0 Å². The van der Waals surface area contributed by atoms with Gasteiger partial charge < -0.3 is 14.2 Å². The predicted octanol–water partition coefficient (Wildman–Crippen LogP) is 4.28. The molecule has 1 fully saturated rings. The van der Waals surface area contributed by atoms with E-state index in [9.17, 15) is 4.79 Å². The minimum absolute atomic E-state index is 0.0851. The molecule has 0 bridgehead atoms. The second-order valence-corrected chi connectivity index (χ2v) is 6.89. The predicted molar refractivity (Wildman–Crippen MR) is 101 cm³/mol. The molecule has 1 saturated heterocycles. The van der Waals surface area contributed by atoms with Crippen molar-refractivity contribution in [2.75, 3.05) is 33.2 Å². The number of benzene rings is 1. The van der Waals surface area contributed by atoms with Crippen LogP contribution in [0.15, 0.2) is 47.1 Å². The lowest BCUT2D eigenvalue weighted by Gasteiger charge is -2.22. The highest BCUT2D eigenvalue weighted by Gasteiger charge is 2.13. The minimum atomic E-state index is 0.0851. The highest BCUT2D eigenvalue weighted by atomic mass is 16.3. The van der Waals surface area contributed by atoms with Crippen LogP contribution in [0.1, 0.15) is 42.5 Å². The molecule has 1 aliphatic heterocycles. The van der Waals surface area contributed by atoms with E-state index in [4.69, 9.17) is 4.42 Å². The Morgan fingerprint density at radius 2 is 1.80 bits per heavy atom. The Hall–Kier alpha value is -2.07. The number of rotatable bonds is 6. The first-order valence-corrected chi connectivity index (χ1v) is 9.36. The van der Waals surface area contributed by atoms with Gasteiger partial charge in [-0.3, -0.25) is 4.79 Å². The molecule has 0 aliphatic carbocycles. The van der Waals surface area contributed by atoms with Crippen molar-refractivity contribution in [2.24, 2.45) is 0 Å². The van der Waals surface area contributed by atoms with Gasteiger partial charge in [0.25, 0.3) is 5.91 Å². The summed E-state index contributed by atoms with van der Waals surface area (Å²) in [5.41, 5.74) is 1.72. The molecule has 2 aromatic rings. The van der Waals surface area contributed by atoms with E-state index in [1.54, 1.807) is 6.26 Å². The lowest BCUT2D eigenvalue weighted by Crippen LogP contribution is -2.32. The zero-order chi connectivity index (χ0) is 17.5. The zero-order valence-electron chi connectivity index (χ0n) is 15.1. The molecule has 1 aromatic heterocycles. The van der Waals surface area contributed by atoms with Crippen LogP contribution in [0.5, 0.6) is 0 Å². The molecule has 134 valence electrons. The quantitative estimate of drug-likeness (QED) is 0.787. The number of carbonyl (C=O) groups excluding carboxylic acids is 1. The molecule has 2 heterocycles. The average Bonchev–Trinajstić information content (AvgIpc) is 3.06. The van der Waals surface area contributed by atoms with Crippen molar-refractivity contribution in [3.8, 4) is 11.3 Å². The fraction of sp³-hybridized carbons (Fsp3) is 0.476. The van der Waals surface area contributed by atoms with Gasteiger partial charge in [-0.05, 0) is 63.2 Å². The smallest absolute Gasteiger partial charge is 0.253 e. The van der Waals surface area contributed by atoms with Gasteiger partial charge in [0.05, 0.1) is 6.26 Å². The van der Waals surface area contributed by atoms with Crippen molar-refractivity contribution in [2.45, 2.75) is 32.1 Å². The molecule has 1 amide bonds. The number of likely N-dealkylation sites (tertiary alicyclic amines) is 1. The minimum Gasteiger partial charge on any atom is -0.464 e. The van der Waals surface area contributed by atoms with Crippen molar-refractivity contribution in [1.82, 2.24) is 9.80 Å². The molecule has 3 rings (SSSR count). The third-order valence-electron chi connectivity index (χ3n) is 4.95. The van der Waals surface area contributed by atoms with Gasteiger partial charge in [0.2, 0.25) is 0 Å². The lowest BCUT2D eigenvalue weighted by atomic mass is 10.1. The maximum absolute atomic E-state index is 12.6. The highest BCUT2D eigenvalue weighted by Crippen LogP contribution is 2.20. The molecule has 0 N–H and O–H groups in total. The van der Waals surface area contributed by atoms with Gasteiger partial charge in [-0.25, -0.2) is 0 Å². The Morgan fingerprint density at radius 3 is 2.44 bits per heavy atom. The van der Waals surface area contributed by atoms with Gasteiger partial charge in [-0.15, -0.1) is 0 Å². The summed E-state index contributed by atoms with van der Waals surface area (Å²) in [5.74, 6) is 0.909. The third kappa shape index (κ3) is 4.95. The maximum atomic E-state index is 12.6. The number of hydrogen-bond acceptors (Lipinski definition) is 3. The first kappa shape index (κ1) is 17.7. The van der Waals surface area contributed by atoms with Crippen LogP contribution in [-0.4, -0.2) is 48.9 Å². The summed E-state index contributed by atoms with van der Waals surface area (Å²) in [6, 6.07) is 11.4. The monoisotopic (exact) mass is 340 g/mol. The summed E-state index contributed by atoms with van der Waals surface area (Å²) in [5, 5.41) is 0. The zero-order valence-corrected chi connectivity index (χ0v) is 15.1. The second-order valence-electron chi connectivity index (χ2n) is 6.89. The highest BCUT2D eigenvalue weighted by molar-refractivity contribution is 5.94. The molecule has 0 spiro atoms. The number of carbonyl (C=O) groups is 1. The summed E-state index contributed by atoms with van der Waals surface area (Å²) in [6.07, 6.45) is 8.05. The summed E-state index contributed by atoms with van der Waals surface area (Å²) < 4.78 is 5.39. The normalized spacial score (nSPS) is 15.7. The Bertz CT molecular complexity index is 641. The second kappa shape index (κ2) is 8.86. The van der Waals surface area contributed by atoms with Crippen LogP contribution in [0.4, 0.5) is 0 Å². The van der Waals surface area contributed by atoms with E-state index in [0.717, 1.165) is 36.4 Å². The summed E-state index contributed by atoms with van der Waals surface area (Å²) in [6.45, 7) is 4.32. The van der Waals surface area contributed by atoms with E-state index >= 15 is 0 Å². The molecule has 0 atom stereocenters. The molecule has 1 aromatic carbocycles. The van der Waals surface area contributed by atoms with Crippen LogP contribution in [0, 0.1) is 0 Å². The van der Waals surface area contributed by atoms with Crippen molar-refractivity contribution in [3.63, 3.8) is 0 Å². The van der Waals surface area contributed by atoms with Gasteiger partial charge in [-0.2, -0.15) is 0 Å². The topological polar surface area (TPSA) is 36.7 Å². The van der Waals surface area contributed by atoms with Gasteiger partial charge in [0.1, 0.15) is 5.76 Å². The largest absolute Gasteiger partial charge is 0.464 e. The number of amides is 1. The van der Waals surface area contributed by atoms with Crippen LogP contribution in [0.3, 0.4) is 0 Å². The molecule has 1 aliphatic rings. The van der Waals surface area contributed by atoms with Gasteiger partial charge in [0, 0.05) is 24.7 Å². The van der Waals surface area contributed by atoms with Gasteiger partial charge in [-0.1, -0.05) is 25.0 Å². The van der Waals surface area contributed by atoms with Crippen molar-refractivity contribution < 1.29 is 9.21 Å². The number of hydrogen-bond donors (Lipinski definition) is 0. The van der Waals surface area contributed by atoms with E-state index in [2.05, 4.69) is 4.90 Å². The fourth-order valence-corrected chi connectivity index (χ4v) is 3.43. The van der Waals surface area contributed by atoms with Crippen molar-refractivity contribution >= 4 is 5.91 Å². The molecule has 4 heteroatoms. The molecular formula is C21H28N2O2. The first-order valence-electron chi connectivity index (χ1n) is 9.36. The van der Waals surface area contributed by atoms with Crippen molar-refractivity contribution in [3.05, 3.63) is 48.2 Å². The van der Waals surface area contributed by atoms with Crippen LogP contribution in [0.2, 0.25) is 0 Å². The standard InChI is InChI=1S/C21H28N2O2/c1-22(13-7-16-23-14-4-2-3-5-15-23)21(24)19-11-9-18(10-12-19)20-8-6-17-25-20/h6,8-12,17H,2-5,7,13-16H2,1H3.